The second-order valence-corrected chi connectivity index (χ2v) is 4.44. The van der Waals surface area contributed by atoms with Gasteiger partial charge in [0.05, 0.1) is 25.4 Å². The Morgan fingerprint density at radius 3 is 2.53 bits per heavy atom. The lowest BCUT2D eigenvalue weighted by molar-refractivity contribution is 0.111. The molecular formula is C13H16O4. The minimum Gasteiger partial charge on any atom is -0.493 e. The SMILES string of the molecule is COc1cc(CC2(O)CC2)cc(C=O)c1OC. The van der Waals surface area contributed by atoms with Crippen LogP contribution in [0.2, 0.25) is 0 Å². The predicted octanol–water partition coefficient (Wildman–Crippen LogP) is 1.58. The molecule has 1 aromatic carbocycles. The minimum atomic E-state index is -0.584. The van der Waals surface area contributed by atoms with Gasteiger partial charge < -0.3 is 14.6 Å². The molecule has 1 aliphatic rings. The van der Waals surface area contributed by atoms with Gasteiger partial charge in [-0.1, -0.05) is 0 Å². The summed E-state index contributed by atoms with van der Waals surface area (Å²) in [5.74, 6) is 0.963. The predicted molar refractivity (Wildman–Crippen MR) is 62.8 cm³/mol. The van der Waals surface area contributed by atoms with Crippen molar-refractivity contribution < 1.29 is 19.4 Å². The van der Waals surface area contributed by atoms with Gasteiger partial charge >= 0.3 is 0 Å². The summed E-state index contributed by atoms with van der Waals surface area (Å²) in [6, 6.07) is 3.55. The van der Waals surface area contributed by atoms with Crippen molar-refractivity contribution in [2.75, 3.05) is 14.2 Å². The van der Waals surface area contributed by atoms with E-state index in [-0.39, 0.29) is 0 Å². The van der Waals surface area contributed by atoms with E-state index >= 15 is 0 Å². The van der Waals surface area contributed by atoms with Gasteiger partial charge in [-0.15, -0.1) is 0 Å². The average Bonchev–Trinajstić information content (AvgIpc) is 3.05. The van der Waals surface area contributed by atoms with Crippen molar-refractivity contribution >= 4 is 6.29 Å². The Balaban J connectivity index is 2.37. The summed E-state index contributed by atoms with van der Waals surface area (Å²) in [6.45, 7) is 0. The third-order valence-electron chi connectivity index (χ3n) is 3.05. The molecule has 1 aromatic rings. The summed E-state index contributed by atoms with van der Waals surface area (Å²) < 4.78 is 10.3. The van der Waals surface area contributed by atoms with Crippen molar-refractivity contribution in [1.29, 1.82) is 0 Å². The monoisotopic (exact) mass is 236 g/mol. The molecule has 0 aliphatic heterocycles. The van der Waals surface area contributed by atoms with Crippen LogP contribution < -0.4 is 9.47 Å². The van der Waals surface area contributed by atoms with E-state index in [1.54, 1.807) is 6.07 Å². The molecule has 0 atom stereocenters. The Kier molecular flexibility index (Phi) is 3.07. The van der Waals surface area contributed by atoms with E-state index in [9.17, 15) is 9.90 Å². The summed E-state index contributed by atoms with van der Waals surface area (Å²) in [7, 11) is 3.03. The maximum atomic E-state index is 11.0. The summed E-state index contributed by atoms with van der Waals surface area (Å²) in [4.78, 5) is 11.0. The topological polar surface area (TPSA) is 55.8 Å². The fourth-order valence-corrected chi connectivity index (χ4v) is 1.94. The second-order valence-electron chi connectivity index (χ2n) is 4.44. The van der Waals surface area contributed by atoms with Gasteiger partial charge in [0.15, 0.2) is 17.8 Å². The highest BCUT2D eigenvalue weighted by atomic mass is 16.5. The molecule has 1 N–H and O–H groups in total. The molecule has 1 fully saturated rings. The number of benzene rings is 1. The maximum Gasteiger partial charge on any atom is 0.171 e. The van der Waals surface area contributed by atoms with Gasteiger partial charge in [-0.05, 0) is 30.5 Å². The van der Waals surface area contributed by atoms with E-state index < -0.39 is 5.60 Å². The molecule has 17 heavy (non-hydrogen) atoms. The van der Waals surface area contributed by atoms with E-state index in [2.05, 4.69) is 0 Å². The summed E-state index contributed by atoms with van der Waals surface area (Å²) in [5, 5.41) is 9.88. The highest BCUT2D eigenvalue weighted by Crippen LogP contribution is 2.40. The van der Waals surface area contributed by atoms with Gasteiger partial charge in [-0.2, -0.15) is 0 Å². The van der Waals surface area contributed by atoms with Crippen LogP contribution >= 0.6 is 0 Å². The molecule has 0 saturated heterocycles. The number of aliphatic hydroxyl groups is 1. The summed E-state index contributed by atoms with van der Waals surface area (Å²) in [5.41, 5.74) is 0.760. The summed E-state index contributed by atoms with van der Waals surface area (Å²) in [6.07, 6.45) is 2.92. The molecule has 0 amide bonds. The third kappa shape index (κ3) is 2.42. The van der Waals surface area contributed by atoms with Crippen molar-refractivity contribution in [2.45, 2.75) is 24.9 Å². The molecule has 0 unspecified atom stereocenters. The quantitative estimate of drug-likeness (QED) is 0.789. The van der Waals surface area contributed by atoms with Crippen molar-refractivity contribution in [3.63, 3.8) is 0 Å². The van der Waals surface area contributed by atoms with E-state index in [4.69, 9.17) is 9.47 Å². The Labute approximate surface area is 100 Å². The van der Waals surface area contributed by atoms with Crippen LogP contribution in [-0.4, -0.2) is 31.2 Å². The van der Waals surface area contributed by atoms with Gasteiger partial charge in [-0.3, -0.25) is 4.79 Å². The lowest BCUT2D eigenvalue weighted by atomic mass is 10.0. The van der Waals surface area contributed by atoms with E-state index in [0.29, 0.717) is 23.5 Å². The molecular weight excluding hydrogens is 220 g/mol. The Hall–Kier alpha value is -1.55. The zero-order chi connectivity index (χ0) is 12.5. The number of hydrogen-bond acceptors (Lipinski definition) is 4. The van der Waals surface area contributed by atoms with Crippen LogP contribution in [0.4, 0.5) is 0 Å². The first-order valence-electron chi connectivity index (χ1n) is 5.54. The normalized spacial score (nSPS) is 16.4. The average molecular weight is 236 g/mol. The van der Waals surface area contributed by atoms with Crippen LogP contribution in [0.15, 0.2) is 12.1 Å². The largest absolute Gasteiger partial charge is 0.493 e. The van der Waals surface area contributed by atoms with Gasteiger partial charge in [0, 0.05) is 6.42 Å². The van der Waals surface area contributed by atoms with E-state index in [1.165, 1.54) is 14.2 Å². The molecule has 2 rings (SSSR count). The van der Waals surface area contributed by atoms with Crippen molar-refractivity contribution in [3.05, 3.63) is 23.3 Å². The zero-order valence-electron chi connectivity index (χ0n) is 10.0. The lowest BCUT2D eigenvalue weighted by Crippen LogP contribution is -2.11. The molecule has 4 nitrogen and oxygen atoms in total. The first-order valence-corrected chi connectivity index (χ1v) is 5.54. The minimum absolute atomic E-state index is 0.439. The molecule has 0 radical (unpaired) electrons. The van der Waals surface area contributed by atoms with Crippen LogP contribution in [0.3, 0.4) is 0 Å². The first-order chi connectivity index (χ1) is 8.11. The Morgan fingerprint density at radius 2 is 2.06 bits per heavy atom. The van der Waals surface area contributed by atoms with Crippen molar-refractivity contribution in [1.82, 2.24) is 0 Å². The molecule has 0 heterocycles. The van der Waals surface area contributed by atoms with Gasteiger partial charge in [0.1, 0.15) is 0 Å². The lowest BCUT2D eigenvalue weighted by Gasteiger charge is -2.14. The molecule has 0 aromatic heterocycles. The number of carbonyl (C=O) groups excluding carboxylic acids is 1. The highest BCUT2D eigenvalue weighted by Gasteiger charge is 2.40. The number of hydrogen-bond donors (Lipinski definition) is 1. The molecule has 92 valence electrons. The first kappa shape index (κ1) is 11.9. The van der Waals surface area contributed by atoms with Crippen molar-refractivity contribution in [3.8, 4) is 11.5 Å². The van der Waals surface area contributed by atoms with Crippen molar-refractivity contribution in [2.24, 2.45) is 0 Å². The standard InChI is InChI=1S/C13H16O4/c1-16-11-6-9(7-13(15)3-4-13)5-10(8-14)12(11)17-2/h5-6,8,15H,3-4,7H2,1-2H3. The van der Waals surface area contributed by atoms with Crippen LogP contribution in [0.1, 0.15) is 28.8 Å². The number of rotatable bonds is 5. The highest BCUT2D eigenvalue weighted by molar-refractivity contribution is 5.81. The number of methoxy groups -OCH3 is 2. The van der Waals surface area contributed by atoms with Gasteiger partial charge in [0.2, 0.25) is 0 Å². The van der Waals surface area contributed by atoms with E-state index in [0.717, 1.165) is 24.7 Å². The van der Waals surface area contributed by atoms with Gasteiger partial charge in [-0.25, -0.2) is 0 Å². The number of aldehydes is 1. The molecule has 0 bridgehead atoms. The summed E-state index contributed by atoms with van der Waals surface area (Å²) >= 11 is 0. The smallest absolute Gasteiger partial charge is 0.171 e. The molecule has 4 heteroatoms. The third-order valence-corrected chi connectivity index (χ3v) is 3.05. The second kappa shape index (κ2) is 4.37. The Morgan fingerprint density at radius 1 is 1.35 bits per heavy atom. The fraction of sp³-hybridized carbons (Fsp3) is 0.462. The molecule has 0 spiro atoms. The molecule has 1 saturated carbocycles. The molecule has 1 aliphatic carbocycles. The van der Waals surface area contributed by atoms with Gasteiger partial charge in [0.25, 0.3) is 0 Å². The maximum absolute atomic E-state index is 11.0. The Bertz CT molecular complexity index is 435. The van der Waals surface area contributed by atoms with Crippen LogP contribution in [-0.2, 0) is 6.42 Å². The van der Waals surface area contributed by atoms with E-state index in [1.807, 2.05) is 6.07 Å². The fourth-order valence-electron chi connectivity index (χ4n) is 1.94. The number of carbonyl (C=O) groups is 1. The number of ether oxygens (including phenoxy) is 2. The zero-order valence-corrected chi connectivity index (χ0v) is 10.0. The van der Waals surface area contributed by atoms with Crippen LogP contribution in [0.25, 0.3) is 0 Å². The van der Waals surface area contributed by atoms with Crippen LogP contribution in [0.5, 0.6) is 11.5 Å². The van der Waals surface area contributed by atoms with Crippen LogP contribution in [0, 0.1) is 0 Å².